The van der Waals surface area contributed by atoms with E-state index in [4.69, 9.17) is 0 Å². The Bertz CT molecular complexity index is 288. The fourth-order valence-corrected chi connectivity index (χ4v) is 4.73. The Morgan fingerprint density at radius 2 is 1.50 bits per heavy atom. The first-order valence-electron chi connectivity index (χ1n) is 7.28. The van der Waals surface area contributed by atoms with Crippen LogP contribution in [0.2, 0.25) is 0 Å². The van der Waals surface area contributed by atoms with Crippen molar-refractivity contribution in [2.75, 3.05) is 0 Å². The van der Waals surface area contributed by atoms with Gasteiger partial charge in [0, 0.05) is 11.8 Å². The number of carbonyl (C=O) groups is 1. The zero-order valence-electron chi connectivity index (χ0n) is 10.4. The molecule has 0 saturated heterocycles. The summed E-state index contributed by atoms with van der Waals surface area (Å²) in [6, 6.07) is 0. The molecule has 0 aromatic carbocycles. The summed E-state index contributed by atoms with van der Waals surface area (Å²) in [7, 11) is 0. The lowest BCUT2D eigenvalue weighted by Crippen LogP contribution is -2.33. The number of carbonyl (C=O) groups excluding carboxylic acids is 1. The van der Waals surface area contributed by atoms with Crippen molar-refractivity contribution in [2.45, 2.75) is 77.0 Å². The normalized spacial score (nSPS) is 38.4. The van der Waals surface area contributed by atoms with Crippen molar-refractivity contribution in [1.82, 2.24) is 0 Å². The third-order valence-electron chi connectivity index (χ3n) is 5.66. The van der Waals surface area contributed by atoms with E-state index in [0.717, 1.165) is 12.8 Å². The summed E-state index contributed by atoms with van der Waals surface area (Å²) in [4.78, 5) is 12.2. The molecule has 0 heterocycles. The Balaban J connectivity index is 1.77. The highest BCUT2D eigenvalue weighted by Crippen LogP contribution is 2.59. The van der Waals surface area contributed by atoms with Gasteiger partial charge in [-0.15, -0.1) is 0 Å². The van der Waals surface area contributed by atoms with Gasteiger partial charge in [-0.2, -0.15) is 0 Å². The van der Waals surface area contributed by atoms with Crippen molar-refractivity contribution in [3.05, 3.63) is 0 Å². The molecule has 0 N–H and O–H groups in total. The van der Waals surface area contributed by atoms with Crippen LogP contribution < -0.4 is 0 Å². The quantitative estimate of drug-likeness (QED) is 0.596. The summed E-state index contributed by atoms with van der Waals surface area (Å²) in [5.41, 5.74) is 0.765. The van der Waals surface area contributed by atoms with Gasteiger partial charge < -0.3 is 0 Å². The number of hydrogen-bond acceptors (Lipinski definition) is 1. The van der Waals surface area contributed by atoms with Crippen LogP contribution in [0.25, 0.3) is 0 Å². The van der Waals surface area contributed by atoms with Crippen LogP contribution in [0, 0.1) is 10.8 Å². The van der Waals surface area contributed by atoms with Crippen molar-refractivity contribution < 1.29 is 4.79 Å². The maximum Gasteiger partial charge on any atom is 0.139 e. The third-order valence-corrected chi connectivity index (χ3v) is 5.66. The van der Waals surface area contributed by atoms with Gasteiger partial charge in [0.15, 0.2) is 0 Å². The van der Waals surface area contributed by atoms with Crippen molar-refractivity contribution in [1.29, 1.82) is 0 Å². The first-order chi connectivity index (χ1) is 7.75. The fraction of sp³-hybridized carbons (Fsp3) is 0.933. The molecule has 0 aromatic heterocycles. The minimum atomic E-state index is 0.162. The molecule has 1 unspecified atom stereocenters. The second-order valence-corrected chi connectivity index (χ2v) is 6.65. The van der Waals surface area contributed by atoms with Gasteiger partial charge in [0.2, 0.25) is 0 Å². The lowest BCUT2D eigenvalue weighted by Gasteiger charge is -2.37. The SMILES string of the molecule is O=C1CCCCC12CCC1(CCCCC1)C2. The summed E-state index contributed by atoms with van der Waals surface area (Å²) in [5, 5.41) is 0. The summed E-state index contributed by atoms with van der Waals surface area (Å²) >= 11 is 0. The second kappa shape index (κ2) is 3.85. The number of rotatable bonds is 0. The van der Waals surface area contributed by atoms with E-state index in [2.05, 4.69) is 0 Å². The Morgan fingerprint density at radius 1 is 0.750 bits per heavy atom. The molecular weight excluding hydrogens is 196 g/mol. The van der Waals surface area contributed by atoms with Crippen LogP contribution in [0.1, 0.15) is 77.0 Å². The molecule has 2 spiro atoms. The molecule has 0 aromatic rings. The summed E-state index contributed by atoms with van der Waals surface area (Å²) in [5.74, 6) is 0.626. The van der Waals surface area contributed by atoms with Crippen LogP contribution in [0.3, 0.4) is 0 Å². The van der Waals surface area contributed by atoms with Crippen LogP contribution in [0.15, 0.2) is 0 Å². The Morgan fingerprint density at radius 3 is 2.25 bits per heavy atom. The molecule has 0 aliphatic heterocycles. The Labute approximate surface area is 99.0 Å². The monoisotopic (exact) mass is 220 g/mol. The maximum absolute atomic E-state index is 12.2. The van der Waals surface area contributed by atoms with Gasteiger partial charge >= 0.3 is 0 Å². The zero-order chi connectivity index (χ0) is 11.1. The minimum absolute atomic E-state index is 0.162. The van der Waals surface area contributed by atoms with Gasteiger partial charge in [0.05, 0.1) is 0 Å². The Hall–Kier alpha value is -0.330. The lowest BCUT2D eigenvalue weighted by molar-refractivity contribution is -0.131. The smallest absolute Gasteiger partial charge is 0.139 e. The summed E-state index contributed by atoms with van der Waals surface area (Å²) in [6.07, 6.45) is 15.5. The minimum Gasteiger partial charge on any atom is -0.299 e. The van der Waals surface area contributed by atoms with Crippen LogP contribution in [-0.4, -0.2) is 5.78 Å². The number of ketones is 1. The molecule has 90 valence electrons. The fourth-order valence-electron chi connectivity index (χ4n) is 4.73. The van der Waals surface area contributed by atoms with Crippen LogP contribution >= 0.6 is 0 Å². The van der Waals surface area contributed by atoms with Gasteiger partial charge in [-0.05, 0) is 50.4 Å². The topological polar surface area (TPSA) is 17.1 Å². The molecule has 0 amide bonds. The van der Waals surface area contributed by atoms with E-state index in [1.54, 1.807) is 0 Å². The van der Waals surface area contributed by atoms with Gasteiger partial charge in [-0.1, -0.05) is 25.7 Å². The van der Waals surface area contributed by atoms with E-state index in [-0.39, 0.29) is 5.41 Å². The second-order valence-electron chi connectivity index (χ2n) is 6.65. The van der Waals surface area contributed by atoms with Crippen LogP contribution in [0.4, 0.5) is 0 Å². The molecule has 0 radical (unpaired) electrons. The maximum atomic E-state index is 12.2. The molecule has 16 heavy (non-hydrogen) atoms. The summed E-state index contributed by atoms with van der Waals surface area (Å²) < 4.78 is 0. The van der Waals surface area contributed by atoms with Gasteiger partial charge in [-0.25, -0.2) is 0 Å². The molecule has 1 atom stereocenters. The van der Waals surface area contributed by atoms with Crippen molar-refractivity contribution >= 4 is 5.78 Å². The molecule has 0 bridgehead atoms. The van der Waals surface area contributed by atoms with Gasteiger partial charge in [0.25, 0.3) is 0 Å². The first kappa shape index (κ1) is 10.8. The van der Waals surface area contributed by atoms with E-state index < -0.39 is 0 Å². The van der Waals surface area contributed by atoms with E-state index in [1.165, 1.54) is 64.2 Å². The predicted molar refractivity (Wildman–Crippen MR) is 65.3 cm³/mol. The van der Waals surface area contributed by atoms with Gasteiger partial charge in [0.1, 0.15) is 5.78 Å². The average molecular weight is 220 g/mol. The van der Waals surface area contributed by atoms with E-state index >= 15 is 0 Å². The van der Waals surface area contributed by atoms with E-state index in [9.17, 15) is 4.79 Å². The number of hydrogen-bond donors (Lipinski definition) is 0. The molecule has 1 nitrogen and oxygen atoms in total. The molecule has 1 heteroatoms. The molecule has 3 rings (SSSR count). The van der Waals surface area contributed by atoms with Crippen LogP contribution in [-0.2, 0) is 4.79 Å². The van der Waals surface area contributed by atoms with Gasteiger partial charge in [-0.3, -0.25) is 4.79 Å². The lowest BCUT2D eigenvalue weighted by atomic mass is 9.66. The van der Waals surface area contributed by atoms with E-state index in [0.29, 0.717) is 11.2 Å². The highest BCUT2D eigenvalue weighted by molar-refractivity contribution is 5.85. The highest BCUT2D eigenvalue weighted by Gasteiger charge is 2.51. The standard InChI is InChI=1S/C15H24O/c16-13-6-2-5-9-15(13)11-10-14(12-15)7-3-1-4-8-14/h1-12H2. The van der Waals surface area contributed by atoms with Crippen molar-refractivity contribution in [3.63, 3.8) is 0 Å². The number of Topliss-reactive ketones (excluding diaryl/α,β-unsaturated/α-hetero) is 1. The third kappa shape index (κ3) is 1.63. The molecular formula is C15H24O. The van der Waals surface area contributed by atoms with E-state index in [1.807, 2.05) is 0 Å². The predicted octanol–water partition coefficient (Wildman–Crippen LogP) is 4.25. The first-order valence-corrected chi connectivity index (χ1v) is 7.28. The van der Waals surface area contributed by atoms with Crippen LogP contribution in [0.5, 0.6) is 0 Å². The van der Waals surface area contributed by atoms with Crippen molar-refractivity contribution in [2.24, 2.45) is 10.8 Å². The Kier molecular flexibility index (Phi) is 2.60. The molecule has 3 aliphatic carbocycles. The highest BCUT2D eigenvalue weighted by atomic mass is 16.1. The largest absolute Gasteiger partial charge is 0.299 e. The molecule has 3 saturated carbocycles. The zero-order valence-corrected chi connectivity index (χ0v) is 10.4. The average Bonchev–Trinajstić information content (AvgIpc) is 2.65. The summed E-state index contributed by atoms with van der Waals surface area (Å²) in [6.45, 7) is 0. The van der Waals surface area contributed by atoms with Crippen molar-refractivity contribution in [3.8, 4) is 0 Å². The molecule has 3 fully saturated rings. The molecule has 3 aliphatic rings.